The van der Waals surface area contributed by atoms with Crippen molar-refractivity contribution in [2.45, 2.75) is 151 Å². The third kappa shape index (κ3) is 6.46. The molecule has 0 bridgehead atoms. The standard InChI is InChI=1S/C33H58O.C2H6/c1-24(2)11-10-12-25(3)29-16-17-30-28-15-14-27-23-26(13-8-6-7-9-22-34)18-20-32(27,4)31(28)19-21-33(29,30)5;1-2/h14,24-26,28-31,34H,6-13,15-23H2,1-5H3;1-2H3. The molecule has 8 unspecified atom stereocenters. The van der Waals surface area contributed by atoms with Gasteiger partial charge in [0.1, 0.15) is 0 Å². The fourth-order valence-corrected chi connectivity index (χ4v) is 9.91. The van der Waals surface area contributed by atoms with Crippen LogP contribution in [0.25, 0.3) is 0 Å². The van der Waals surface area contributed by atoms with Crippen LogP contribution < -0.4 is 0 Å². The van der Waals surface area contributed by atoms with E-state index in [0.717, 1.165) is 47.8 Å². The second-order valence-electron chi connectivity index (χ2n) is 14.3. The van der Waals surface area contributed by atoms with Crippen LogP contribution in [0.3, 0.4) is 0 Å². The number of unbranched alkanes of at least 4 members (excludes halogenated alkanes) is 3. The molecule has 0 aromatic heterocycles. The lowest BCUT2D eigenvalue weighted by atomic mass is 9.46. The lowest BCUT2D eigenvalue weighted by Crippen LogP contribution is -2.50. The molecule has 0 aromatic carbocycles. The molecule has 0 radical (unpaired) electrons. The number of aliphatic hydroxyl groups excluding tert-OH is 1. The molecule has 0 amide bonds. The van der Waals surface area contributed by atoms with E-state index in [1.807, 2.05) is 19.4 Å². The molecule has 1 N–H and O–H groups in total. The Bertz CT molecular complexity index is 678. The molecule has 0 spiro atoms. The normalized spacial score (nSPS) is 38.4. The minimum absolute atomic E-state index is 0.370. The van der Waals surface area contributed by atoms with E-state index in [9.17, 15) is 0 Å². The smallest absolute Gasteiger partial charge is 0.0431 e. The van der Waals surface area contributed by atoms with Crippen molar-refractivity contribution >= 4 is 0 Å². The maximum absolute atomic E-state index is 9.03. The predicted octanol–water partition coefficient (Wildman–Crippen LogP) is 10.6. The average molecular weight is 501 g/mol. The van der Waals surface area contributed by atoms with Crippen LogP contribution in [0.1, 0.15) is 151 Å². The first-order chi connectivity index (χ1) is 17.3. The number of fused-ring (bicyclic) bond motifs is 5. The van der Waals surface area contributed by atoms with E-state index in [2.05, 4.69) is 40.7 Å². The van der Waals surface area contributed by atoms with E-state index in [4.69, 9.17) is 5.11 Å². The average Bonchev–Trinajstić information content (AvgIpc) is 3.22. The van der Waals surface area contributed by atoms with Gasteiger partial charge in [0.05, 0.1) is 0 Å². The van der Waals surface area contributed by atoms with Gasteiger partial charge in [0.2, 0.25) is 0 Å². The molecule has 8 atom stereocenters. The van der Waals surface area contributed by atoms with Crippen LogP contribution in [0.15, 0.2) is 11.6 Å². The Kier molecular flexibility index (Phi) is 11.5. The Morgan fingerprint density at radius 2 is 1.61 bits per heavy atom. The van der Waals surface area contributed by atoms with Crippen molar-refractivity contribution in [3.8, 4) is 0 Å². The largest absolute Gasteiger partial charge is 0.396 e. The summed E-state index contributed by atoms with van der Waals surface area (Å²) >= 11 is 0. The zero-order valence-electron chi connectivity index (χ0n) is 25.6. The number of hydrogen-bond acceptors (Lipinski definition) is 1. The minimum Gasteiger partial charge on any atom is -0.396 e. The summed E-state index contributed by atoms with van der Waals surface area (Å²) in [7, 11) is 0. The van der Waals surface area contributed by atoms with Gasteiger partial charge in [0.25, 0.3) is 0 Å². The maximum Gasteiger partial charge on any atom is 0.0431 e. The maximum atomic E-state index is 9.03. The van der Waals surface area contributed by atoms with E-state index >= 15 is 0 Å². The Balaban J connectivity index is 0.00000176. The number of rotatable bonds is 11. The summed E-state index contributed by atoms with van der Waals surface area (Å²) in [6.07, 6.45) is 25.2. The monoisotopic (exact) mass is 500 g/mol. The van der Waals surface area contributed by atoms with E-state index in [1.54, 1.807) is 0 Å². The van der Waals surface area contributed by atoms with E-state index < -0.39 is 0 Å². The molecular formula is C35H64O. The summed E-state index contributed by atoms with van der Waals surface area (Å²) in [5.41, 5.74) is 3.00. The zero-order chi connectivity index (χ0) is 26.3. The lowest BCUT2D eigenvalue weighted by molar-refractivity contribution is -0.0529. The molecule has 0 aromatic rings. The molecule has 0 saturated heterocycles. The third-order valence-electron chi connectivity index (χ3n) is 11.9. The van der Waals surface area contributed by atoms with Crippen molar-refractivity contribution in [1.82, 2.24) is 0 Å². The number of allylic oxidation sites excluding steroid dienone is 2. The highest BCUT2D eigenvalue weighted by atomic mass is 16.2. The molecule has 3 fully saturated rings. The Hall–Kier alpha value is -0.300. The predicted molar refractivity (Wildman–Crippen MR) is 158 cm³/mol. The molecule has 1 nitrogen and oxygen atoms in total. The second kappa shape index (κ2) is 13.7. The highest BCUT2D eigenvalue weighted by molar-refractivity contribution is 5.25. The first-order valence-electron chi connectivity index (χ1n) is 16.6. The lowest BCUT2D eigenvalue weighted by Gasteiger charge is -2.58. The summed E-state index contributed by atoms with van der Waals surface area (Å²) in [6.45, 7) is 17.2. The van der Waals surface area contributed by atoms with Crippen molar-refractivity contribution < 1.29 is 5.11 Å². The van der Waals surface area contributed by atoms with Gasteiger partial charge in [-0.3, -0.25) is 0 Å². The number of hydrogen-bond donors (Lipinski definition) is 1. The summed E-state index contributed by atoms with van der Waals surface area (Å²) < 4.78 is 0. The van der Waals surface area contributed by atoms with E-state index in [0.29, 0.717) is 17.4 Å². The molecule has 0 heterocycles. The number of aliphatic hydroxyl groups is 1. The Labute approximate surface area is 226 Å². The fraction of sp³-hybridized carbons (Fsp3) is 0.943. The van der Waals surface area contributed by atoms with Crippen molar-refractivity contribution in [3.63, 3.8) is 0 Å². The first kappa shape index (κ1) is 30.2. The summed E-state index contributed by atoms with van der Waals surface area (Å²) in [5, 5.41) is 9.03. The van der Waals surface area contributed by atoms with Gasteiger partial charge in [-0.25, -0.2) is 0 Å². The van der Waals surface area contributed by atoms with Crippen LogP contribution in [-0.2, 0) is 0 Å². The molecule has 4 rings (SSSR count). The van der Waals surface area contributed by atoms with Crippen LogP contribution in [0.5, 0.6) is 0 Å². The molecular weight excluding hydrogens is 436 g/mol. The molecule has 4 aliphatic carbocycles. The highest BCUT2D eigenvalue weighted by Crippen LogP contribution is 2.67. The molecule has 3 saturated carbocycles. The van der Waals surface area contributed by atoms with Gasteiger partial charge in [0, 0.05) is 6.61 Å². The SMILES string of the molecule is CC.CC(C)CCCC(C)C1CCC2C3CC=C4CC(CCCCCCO)CCC4(C)C3CCC12C. The molecule has 1 heteroatoms. The van der Waals surface area contributed by atoms with Crippen molar-refractivity contribution in [2.75, 3.05) is 6.61 Å². The second-order valence-corrected chi connectivity index (χ2v) is 14.3. The van der Waals surface area contributed by atoms with Crippen LogP contribution >= 0.6 is 0 Å². The van der Waals surface area contributed by atoms with Crippen LogP contribution in [0.4, 0.5) is 0 Å². The van der Waals surface area contributed by atoms with Gasteiger partial charge in [0.15, 0.2) is 0 Å². The van der Waals surface area contributed by atoms with Gasteiger partial charge in [-0.2, -0.15) is 0 Å². The summed E-state index contributed by atoms with van der Waals surface area (Å²) in [5.74, 6) is 6.61. The van der Waals surface area contributed by atoms with Gasteiger partial charge in [-0.15, -0.1) is 0 Å². The molecule has 4 aliphatic rings. The summed E-state index contributed by atoms with van der Waals surface area (Å²) in [6, 6.07) is 0. The highest BCUT2D eigenvalue weighted by Gasteiger charge is 2.59. The quantitative estimate of drug-likeness (QED) is 0.221. The van der Waals surface area contributed by atoms with Crippen molar-refractivity contribution in [2.24, 2.45) is 52.3 Å². The first-order valence-corrected chi connectivity index (χ1v) is 16.6. The van der Waals surface area contributed by atoms with Crippen LogP contribution in [0, 0.1) is 52.3 Å². The van der Waals surface area contributed by atoms with E-state index in [1.165, 1.54) is 96.3 Å². The molecule has 210 valence electrons. The van der Waals surface area contributed by atoms with Crippen LogP contribution in [0.2, 0.25) is 0 Å². The van der Waals surface area contributed by atoms with Gasteiger partial charge in [-0.1, -0.05) is 105 Å². The summed E-state index contributed by atoms with van der Waals surface area (Å²) in [4.78, 5) is 0. The topological polar surface area (TPSA) is 20.2 Å². The van der Waals surface area contributed by atoms with Gasteiger partial charge < -0.3 is 5.11 Å². The minimum atomic E-state index is 0.370. The Morgan fingerprint density at radius 1 is 0.861 bits per heavy atom. The molecule has 36 heavy (non-hydrogen) atoms. The third-order valence-corrected chi connectivity index (χ3v) is 11.9. The van der Waals surface area contributed by atoms with Crippen molar-refractivity contribution in [1.29, 1.82) is 0 Å². The van der Waals surface area contributed by atoms with Gasteiger partial charge in [-0.05, 0) is 110 Å². The Morgan fingerprint density at radius 3 is 2.33 bits per heavy atom. The molecule has 0 aliphatic heterocycles. The van der Waals surface area contributed by atoms with Gasteiger partial charge >= 0.3 is 0 Å². The fourth-order valence-electron chi connectivity index (χ4n) is 9.91. The van der Waals surface area contributed by atoms with Crippen LogP contribution in [-0.4, -0.2) is 11.7 Å². The van der Waals surface area contributed by atoms with Crippen molar-refractivity contribution in [3.05, 3.63) is 11.6 Å². The zero-order valence-corrected chi connectivity index (χ0v) is 25.6. The van der Waals surface area contributed by atoms with E-state index in [-0.39, 0.29) is 0 Å².